The van der Waals surface area contributed by atoms with Gasteiger partial charge >= 0.3 is 0 Å². The number of anilines is 2. The number of rotatable bonds is 0. The number of fused-ring (bicyclic) bond motifs is 1. The second kappa shape index (κ2) is 2.52. The fraction of sp³-hybridized carbons (Fsp3) is 0.286. The van der Waals surface area contributed by atoms with Gasteiger partial charge in [0.1, 0.15) is 5.69 Å². The molecule has 1 aromatic heterocycles. The van der Waals surface area contributed by atoms with Gasteiger partial charge in [0.05, 0.1) is 6.54 Å². The highest BCUT2D eigenvalue weighted by atomic mass is 79.9. The predicted octanol–water partition coefficient (Wildman–Crippen LogP) is 1.43. The van der Waals surface area contributed by atoms with E-state index in [0.717, 1.165) is 5.69 Å². The van der Waals surface area contributed by atoms with Crippen LogP contribution >= 0.6 is 15.9 Å². The predicted molar refractivity (Wildman–Crippen MR) is 48.3 cm³/mol. The van der Waals surface area contributed by atoms with Gasteiger partial charge in [0.2, 0.25) is 11.8 Å². The molecule has 0 aliphatic carbocycles. The summed E-state index contributed by atoms with van der Waals surface area (Å²) in [5, 5.41) is 2.71. The van der Waals surface area contributed by atoms with Gasteiger partial charge in [-0.2, -0.15) is 0 Å². The maximum Gasteiger partial charge on any atom is 0.244 e. The monoisotopic (exact) mass is 230 g/mol. The van der Waals surface area contributed by atoms with Crippen LogP contribution in [0.3, 0.4) is 0 Å². The molecule has 0 radical (unpaired) electrons. The topological polar surface area (TPSA) is 45.5 Å². The van der Waals surface area contributed by atoms with Crippen molar-refractivity contribution in [1.29, 1.82) is 0 Å². The van der Waals surface area contributed by atoms with E-state index >= 15 is 0 Å². The van der Waals surface area contributed by atoms with Crippen LogP contribution in [0.1, 0.15) is 0 Å². The van der Waals surface area contributed by atoms with Crippen molar-refractivity contribution in [1.82, 2.24) is 0 Å². The first kappa shape index (κ1) is 7.67. The smallest absolute Gasteiger partial charge is 0.244 e. The fourth-order valence-electron chi connectivity index (χ4n) is 1.20. The normalized spacial score (nSPS) is 15.8. The van der Waals surface area contributed by atoms with Crippen LogP contribution < -0.4 is 10.2 Å². The molecule has 1 aromatic rings. The summed E-state index contributed by atoms with van der Waals surface area (Å²) in [6, 6.07) is 1.74. The summed E-state index contributed by atoms with van der Waals surface area (Å²) in [6.07, 6.45) is 0. The van der Waals surface area contributed by atoms with Crippen LogP contribution in [-0.2, 0) is 4.79 Å². The summed E-state index contributed by atoms with van der Waals surface area (Å²) >= 11 is 3.20. The molecule has 1 aliphatic heterocycles. The first-order valence-electron chi connectivity index (χ1n) is 3.47. The van der Waals surface area contributed by atoms with Gasteiger partial charge in [-0.05, 0) is 15.9 Å². The molecular formula is C7H7BrN2O2. The zero-order valence-electron chi connectivity index (χ0n) is 6.43. The van der Waals surface area contributed by atoms with Gasteiger partial charge in [-0.3, -0.25) is 4.79 Å². The molecule has 1 N–H and O–H groups in total. The van der Waals surface area contributed by atoms with Crippen molar-refractivity contribution in [2.75, 3.05) is 23.8 Å². The van der Waals surface area contributed by atoms with Crippen LogP contribution in [0.2, 0.25) is 0 Å². The fourth-order valence-corrected chi connectivity index (χ4v) is 1.58. The Balaban J connectivity index is 2.46. The maximum absolute atomic E-state index is 11.0. The number of furan rings is 1. The van der Waals surface area contributed by atoms with Crippen LogP contribution in [0.15, 0.2) is 15.2 Å². The van der Waals surface area contributed by atoms with Gasteiger partial charge in [0.25, 0.3) is 0 Å². The largest absolute Gasteiger partial charge is 0.432 e. The molecule has 0 fully saturated rings. The van der Waals surface area contributed by atoms with E-state index in [0.29, 0.717) is 17.1 Å². The van der Waals surface area contributed by atoms with Gasteiger partial charge in [0.15, 0.2) is 4.67 Å². The minimum Gasteiger partial charge on any atom is -0.432 e. The third kappa shape index (κ3) is 1.10. The Bertz CT molecular complexity index is 334. The lowest BCUT2D eigenvalue weighted by molar-refractivity contribution is -0.115. The van der Waals surface area contributed by atoms with Crippen molar-refractivity contribution in [2.24, 2.45) is 0 Å². The number of amides is 1. The van der Waals surface area contributed by atoms with Crippen molar-refractivity contribution in [3.8, 4) is 0 Å². The van der Waals surface area contributed by atoms with E-state index in [4.69, 9.17) is 4.42 Å². The lowest BCUT2D eigenvalue weighted by atomic mass is 10.3. The summed E-state index contributed by atoms with van der Waals surface area (Å²) in [5.41, 5.74) is 0.723. The zero-order chi connectivity index (χ0) is 8.72. The Hall–Kier alpha value is -0.970. The lowest BCUT2D eigenvalue weighted by Crippen LogP contribution is -2.34. The van der Waals surface area contributed by atoms with Crippen molar-refractivity contribution >= 4 is 33.4 Å². The van der Waals surface area contributed by atoms with Crippen molar-refractivity contribution in [2.45, 2.75) is 0 Å². The highest BCUT2D eigenvalue weighted by molar-refractivity contribution is 9.10. The molecule has 0 saturated carbocycles. The van der Waals surface area contributed by atoms with E-state index < -0.39 is 0 Å². The minimum atomic E-state index is -0.0155. The average molecular weight is 231 g/mol. The molecule has 1 aliphatic rings. The number of nitrogens with one attached hydrogen (secondary N) is 1. The second-order valence-electron chi connectivity index (χ2n) is 2.67. The Morgan fingerprint density at radius 2 is 2.50 bits per heavy atom. The van der Waals surface area contributed by atoms with E-state index in [2.05, 4.69) is 21.2 Å². The molecule has 12 heavy (non-hydrogen) atoms. The molecule has 2 heterocycles. The molecule has 4 nitrogen and oxygen atoms in total. The van der Waals surface area contributed by atoms with Gasteiger partial charge in [-0.25, -0.2) is 0 Å². The number of nitrogens with zero attached hydrogens (tertiary/aromatic N) is 1. The Morgan fingerprint density at radius 3 is 3.25 bits per heavy atom. The first-order valence-corrected chi connectivity index (χ1v) is 4.26. The van der Waals surface area contributed by atoms with E-state index in [1.165, 1.54) is 0 Å². The maximum atomic E-state index is 11.0. The molecule has 64 valence electrons. The van der Waals surface area contributed by atoms with E-state index in [1.54, 1.807) is 11.0 Å². The van der Waals surface area contributed by atoms with Crippen LogP contribution in [0.25, 0.3) is 0 Å². The Morgan fingerprint density at radius 1 is 1.75 bits per heavy atom. The number of hydrogen-bond donors (Lipinski definition) is 1. The van der Waals surface area contributed by atoms with Crippen molar-refractivity contribution < 1.29 is 9.21 Å². The van der Waals surface area contributed by atoms with E-state index in [1.807, 2.05) is 7.05 Å². The summed E-state index contributed by atoms with van der Waals surface area (Å²) in [5.74, 6) is 0.680. The molecule has 2 rings (SSSR count). The van der Waals surface area contributed by atoms with Gasteiger partial charge in [-0.15, -0.1) is 0 Å². The average Bonchev–Trinajstić information content (AvgIpc) is 2.29. The van der Waals surface area contributed by atoms with Crippen LogP contribution in [-0.4, -0.2) is 19.5 Å². The lowest BCUT2D eigenvalue weighted by Gasteiger charge is -2.21. The zero-order valence-corrected chi connectivity index (χ0v) is 8.01. The molecule has 0 spiro atoms. The van der Waals surface area contributed by atoms with Gasteiger partial charge in [-0.1, -0.05) is 0 Å². The number of likely N-dealkylation sites (N-methyl/N-ethyl adjacent to an activating group) is 1. The summed E-state index contributed by atoms with van der Waals surface area (Å²) < 4.78 is 5.92. The Kier molecular flexibility index (Phi) is 1.61. The number of halogens is 1. The van der Waals surface area contributed by atoms with Crippen molar-refractivity contribution in [3.05, 3.63) is 10.7 Å². The molecule has 0 aromatic carbocycles. The molecule has 0 saturated heterocycles. The summed E-state index contributed by atoms with van der Waals surface area (Å²) in [4.78, 5) is 12.8. The third-order valence-corrected chi connectivity index (χ3v) is 2.07. The number of carbonyl (C=O) groups is 1. The standard InChI is InChI=1S/C7H7BrN2O2/c1-10-3-6(11)9-4-2-5(8)12-7(4)10/h2H,3H2,1H3,(H,9,11). The first-order chi connectivity index (χ1) is 5.66. The third-order valence-electron chi connectivity index (χ3n) is 1.68. The van der Waals surface area contributed by atoms with Crippen molar-refractivity contribution in [3.63, 3.8) is 0 Å². The highest BCUT2D eigenvalue weighted by Crippen LogP contribution is 2.34. The molecule has 5 heteroatoms. The van der Waals surface area contributed by atoms with Crippen LogP contribution in [0, 0.1) is 0 Å². The number of hydrogen-bond acceptors (Lipinski definition) is 3. The SMILES string of the molecule is CN1CC(=O)Nc2cc(Br)oc21. The summed E-state index contributed by atoms with van der Waals surface area (Å²) in [6.45, 7) is 0.340. The molecule has 1 amide bonds. The molecular weight excluding hydrogens is 224 g/mol. The molecule has 0 atom stereocenters. The molecule has 0 bridgehead atoms. The highest BCUT2D eigenvalue weighted by Gasteiger charge is 2.22. The van der Waals surface area contributed by atoms with Gasteiger partial charge < -0.3 is 14.6 Å². The Labute approximate surface area is 77.7 Å². The quantitative estimate of drug-likeness (QED) is 0.734. The minimum absolute atomic E-state index is 0.0155. The van der Waals surface area contributed by atoms with Crippen LogP contribution in [0.5, 0.6) is 0 Å². The van der Waals surface area contributed by atoms with E-state index in [9.17, 15) is 4.79 Å². The number of carbonyl (C=O) groups excluding carboxylic acids is 1. The van der Waals surface area contributed by atoms with E-state index in [-0.39, 0.29) is 5.91 Å². The summed E-state index contributed by atoms with van der Waals surface area (Å²) in [7, 11) is 1.81. The van der Waals surface area contributed by atoms with Crippen LogP contribution in [0.4, 0.5) is 11.6 Å². The second-order valence-corrected chi connectivity index (χ2v) is 3.46. The van der Waals surface area contributed by atoms with Gasteiger partial charge in [0, 0.05) is 13.1 Å². The molecule has 0 unspecified atom stereocenters.